The standard InChI is InChI=1S/C22H22ClN3/c1-14(2)18-7-5-17(6-8-18)11-21-15(3)25-26(16(21)4)20-10-9-19(13-24)22(23)12-20/h5-10,12,14H,11H2,1-4H3. The molecule has 26 heavy (non-hydrogen) atoms. The Morgan fingerprint density at radius 1 is 1.12 bits per heavy atom. The van der Waals surface area contributed by atoms with Crippen molar-refractivity contribution < 1.29 is 0 Å². The van der Waals surface area contributed by atoms with Crippen LogP contribution in [-0.2, 0) is 6.42 Å². The van der Waals surface area contributed by atoms with Crippen molar-refractivity contribution in [2.24, 2.45) is 0 Å². The van der Waals surface area contributed by atoms with Gasteiger partial charge in [-0.25, -0.2) is 4.68 Å². The van der Waals surface area contributed by atoms with Gasteiger partial charge in [0, 0.05) is 17.7 Å². The predicted molar refractivity (Wildman–Crippen MR) is 106 cm³/mol. The van der Waals surface area contributed by atoms with Crippen LogP contribution in [0.1, 0.15) is 53.4 Å². The summed E-state index contributed by atoms with van der Waals surface area (Å²) < 4.78 is 1.90. The number of hydrogen-bond donors (Lipinski definition) is 0. The van der Waals surface area contributed by atoms with E-state index in [0.29, 0.717) is 16.5 Å². The van der Waals surface area contributed by atoms with E-state index in [1.807, 2.05) is 17.7 Å². The summed E-state index contributed by atoms with van der Waals surface area (Å²) >= 11 is 6.18. The molecule has 0 aliphatic heterocycles. The molecule has 0 aliphatic carbocycles. The lowest BCUT2D eigenvalue weighted by Crippen LogP contribution is -2.00. The first-order valence-corrected chi connectivity index (χ1v) is 9.12. The molecule has 0 atom stereocenters. The van der Waals surface area contributed by atoms with E-state index in [-0.39, 0.29) is 0 Å². The van der Waals surface area contributed by atoms with E-state index in [1.165, 1.54) is 16.7 Å². The second-order valence-corrected chi connectivity index (χ2v) is 7.32. The summed E-state index contributed by atoms with van der Waals surface area (Å²) in [5, 5.41) is 14.2. The van der Waals surface area contributed by atoms with Gasteiger partial charge in [-0.05, 0) is 49.1 Å². The molecule has 0 bridgehead atoms. The van der Waals surface area contributed by atoms with Crippen LogP contribution in [0.5, 0.6) is 0 Å². The molecule has 1 aromatic heterocycles. The highest BCUT2D eigenvalue weighted by Gasteiger charge is 2.14. The van der Waals surface area contributed by atoms with Crippen LogP contribution in [0.4, 0.5) is 0 Å². The molecule has 0 fully saturated rings. The van der Waals surface area contributed by atoms with Gasteiger partial charge < -0.3 is 0 Å². The zero-order chi connectivity index (χ0) is 18.8. The van der Waals surface area contributed by atoms with E-state index < -0.39 is 0 Å². The number of benzene rings is 2. The van der Waals surface area contributed by atoms with Crippen LogP contribution in [0.2, 0.25) is 5.02 Å². The average molecular weight is 364 g/mol. The summed E-state index contributed by atoms with van der Waals surface area (Å²) in [6, 6.07) is 16.3. The quantitative estimate of drug-likeness (QED) is 0.594. The molecule has 0 saturated heterocycles. The van der Waals surface area contributed by atoms with Crippen LogP contribution in [0.25, 0.3) is 5.69 Å². The third kappa shape index (κ3) is 3.52. The summed E-state index contributed by atoms with van der Waals surface area (Å²) in [6.07, 6.45) is 0.847. The highest BCUT2D eigenvalue weighted by molar-refractivity contribution is 6.31. The van der Waals surface area contributed by atoms with Gasteiger partial charge in [0.2, 0.25) is 0 Å². The van der Waals surface area contributed by atoms with Crippen LogP contribution < -0.4 is 0 Å². The van der Waals surface area contributed by atoms with Gasteiger partial charge in [-0.2, -0.15) is 10.4 Å². The minimum absolute atomic E-state index is 0.448. The maximum atomic E-state index is 9.04. The molecule has 0 radical (unpaired) electrons. The SMILES string of the molecule is Cc1nn(-c2ccc(C#N)c(Cl)c2)c(C)c1Cc1ccc(C(C)C)cc1. The topological polar surface area (TPSA) is 41.6 Å². The molecule has 0 unspecified atom stereocenters. The second-order valence-electron chi connectivity index (χ2n) is 6.91. The molecular formula is C22H22ClN3. The number of aryl methyl sites for hydroxylation is 1. The van der Waals surface area contributed by atoms with E-state index >= 15 is 0 Å². The van der Waals surface area contributed by atoms with Gasteiger partial charge >= 0.3 is 0 Å². The Morgan fingerprint density at radius 3 is 2.38 bits per heavy atom. The molecule has 0 amide bonds. The molecular weight excluding hydrogens is 342 g/mol. The Bertz CT molecular complexity index is 976. The molecule has 0 saturated carbocycles. The molecule has 0 aliphatic rings. The van der Waals surface area contributed by atoms with Gasteiger partial charge in [-0.1, -0.05) is 49.7 Å². The first-order chi connectivity index (χ1) is 12.4. The Morgan fingerprint density at radius 2 is 1.81 bits per heavy atom. The Labute approximate surface area is 159 Å². The number of rotatable bonds is 4. The molecule has 3 aromatic rings. The van der Waals surface area contributed by atoms with E-state index in [2.05, 4.69) is 51.1 Å². The van der Waals surface area contributed by atoms with E-state index in [0.717, 1.165) is 23.5 Å². The Hall–Kier alpha value is -2.57. The molecule has 3 rings (SSSR count). The van der Waals surface area contributed by atoms with Crippen molar-refractivity contribution in [2.75, 3.05) is 0 Å². The lowest BCUT2D eigenvalue weighted by atomic mass is 9.98. The van der Waals surface area contributed by atoms with Crippen molar-refractivity contribution in [2.45, 2.75) is 40.0 Å². The van der Waals surface area contributed by atoms with Crippen molar-refractivity contribution in [3.05, 3.63) is 81.1 Å². The summed E-state index contributed by atoms with van der Waals surface area (Å²) in [4.78, 5) is 0. The lowest BCUT2D eigenvalue weighted by molar-refractivity contribution is 0.832. The Kier molecular flexibility index (Phi) is 5.15. The van der Waals surface area contributed by atoms with E-state index in [4.69, 9.17) is 22.0 Å². The fourth-order valence-electron chi connectivity index (χ4n) is 3.13. The van der Waals surface area contributed by atoms with Crippen LogP contribution in [0.3, 0.4) is 0 Å². The van der Waals surface area contributed by atoms with Gasteiger partial charge in [-0.15, -0.1) is 0 Å². The van der Waals surface area contributed by atoms with Gasteiger partial charge in [0.05, 0.1) is 22.0 Å². The number of hydrogen-bond acceptors (Lipinski definition) is 2. The van der Waals surface area contributed by atoms with E-state index in [9.17, 15) is 0 Å². The number of halogens is 1. The maximum absolute atomic E-state index is 9.04. The summed E-state index contributed by atoms with van der Waals surface area (Å²) in [7, 11) is 0. The molecule has 3 nitrogen and oxygen atoms in total. The minimum Gasteiger partial charge on any atom is -0.238 e. The van der Waals surface area contributed by atoms with Gasteiger partial charge in [0.1, 0.15) is 6.07 Å². The third-order valence-corrected chi connectivity index (χ3v) is 5.10. The zero-order valence-corrected chi connectivity index (χ0v) is 16.3. The van der Waals surface area contributed by atoms with Crippen molar-refractivity contribution in [1.82, 2.24) is 9.78 Å². The second kappa shape index (κ2) is 7.35. The highest BCUT2D eigenvalue weighted by Crippen LogP contribution is 2.25. The van der Waals surface area contributed by atoms with Gasteiger partial charge in [-0.3, -0.25) is 0 Å². The molecule has 1 heterocycles. The average Bonchev–Trinajstić information content (AvgIpc) is 2.90. The summed E-state index contributed by atoms with van der Waals surface area (Å²) in [5.74, 6) is 0.538. The fourth-order valence-corrected chi connectivity index (χ4v) is 3.35. The van der Waals surface area contributed by atoms with Crippen molar-refractivity contribution in [1.29, 1.82) is 5.26 Å². The normalized spacial score (nSPS) is 11.0. The smallest absolute Gasteiger partial charge is 0.101 e. The van der Waals surface area contributed by atoms with Crippen LogP contribution in [-0.4, -0.2) is 9.78 Å². The summed E-state index contributed by atoms with van der Waals surface area (Å²) in [6.45, 7) is 8.52. The van der Waals surface area contributed by atoms with Gasteiger partial charge in [0.15, 0.2) is 0 Å². The number of nitrogens with zero attached hydrogens (tertiary/aromatic N) is 3. The van der Waals surface area contributed by atoms with Crippen LogP contribution in [0.15, 0.2) is 42.5 Å². The van der Waals surface area contributed by atoms with Crippen molar-refractivity contribution in [3.63, 3.8) is 0 Å². The molecule has 132 valence electrons. The molecule has 0 N–H and O–H groups in total. The largest absolute Gasteiger partial charge is 0.238 e. The minimum atomic E-state index is 0.448. The van der Waals surface area contributed by atoms with Crippen molar-refractivity contribution >= 4 is 11.6 Å². The zero-order valence-electron chi connectivity index (χ0n) is 15.5. The fraction of sp³-hybridized carbons (Fsp3) is 0.273. The number of nitriles is 1. The number of aromatic nitrogens is 2. The summed E-state index contributed by atoms with van der Waals surface area (Å²) in [5.41, 5.74) is 7.30. The lowest BCUT2D eigenvalue weighted by Gasteiger charge is -2.08. The highest BCUT2D eigenvalue weighted by atomic mass is 35.5. The van der Waals surface area contributed by atoms with Gasteiger partial charge in [0.25, 0.3) is 0 Å². The third-order valence-electron chi connectivity index (χ3n) is 4.79. The Balaban J connectivity index is 1.93. The van der Waals surface area contributed by atoms with Crippen LogP contribution in [0, 0.1) is 25.2 Å². The molecule has 0 spiro atoms. The monoisotopic (exact) mass is 363 g/mol. The molecule has 2 aromatic carbocycles. The van der Waals surface area contributed by atoms with Crippen LogP contribution >= 0.6 is 11.6 Å². The van der Waals surface area contributed by atoms with Crippen molar-refractivity contribution in [3.8, 4) is 11.8 Å². The predicted octanol–water partition coefficient (Wildman–Crippen LogP) is 5.73. The first kappa shape index (κ1) is 18.2. The van der Waals surface area contributed by atoms with E-state index in [1.54, 1.807) is 12.1 Å². The maximum Gasteiger partial charge on any atom is 0.101 e. The first-order valence-electron chi connectivity index (χ1n) is 8.74. The molecule has 4 heteroatoms.